The average Bonchev–Trinajstić information content (AvgIpc) is 2.29. The summed E-state index contributed by atoms with van der Waals surface area (Å²) in [6.07, 6.45) is 3.53. The van der Waals surface area contributed by atoms with Gasteiger partial charge < -0.3 is 16.2 Å². The molecule has 18 heavy (non-hydrogen) atoms. The first-order valence-corrected chi connectivity index (χ1v) is 6.00. The van der Waals surface area contributed by atoms with E-state index >= 15 is 0 Å². The Morgan fingerprint density at radius 2 is 2.11 bits per heavy atom. The fourth-order valence-corrected chi connectivity index (χ4v) is 1.77. The topological polar surface area (TPSA) is 88.2 Å². The van der Waals surface area contributed by atoms with Gasteiger partial charge in [0, 0.05) is 36.9 Å². The molecule has 0 bridgehead atoms. The molecule has 0 saturated carbocycles. The maximum absolute atomic E-state index is 10.5. The van der Waals surface area contributed by atoms with Crippen LogP contribution in [0.2, 0.25) is 0 Å². The summed E-state index contributed by atoms with van der Waals surface area (Å²) < 4.78 is 0. The Hall–Kier alpha value is -1.46. The van der Waals surface area contributed by atoms with Crippen molar-refractivity contribution in [2.24, 2.45) is 5.73 Å². The smallest absolute Gasteiger partial charge is 0.304 e. The minimum Gasteiger partial charge on any atom is -0.481 e. The third-order valence-corrected chi connectivity index (χ3v) is 2.87. The third-order valence-electron chi connectivity index (χ3n) is 2.87. The number of carbonyl (C=O) groups is 1. The van der Waals surface area contributed by atoms with Gasteiger partial charge in [-0.2, -0.15) is 0 Å². The van der Waals surface area contributed by atoms with Gasteiger partial charge in [-0.15, -0.1) is 0 Å². The summed E-state index contributed by atoms with van der Waals surface area (Å²) in [5.74, 6) is -0.863. The Kier molecular flexibility index (Phi) is 5.25. The lowest BCUT2D eigenvalue weighted by molar-refractivity contribution is -0.137. The van der Waals surface area contributed by atoms with Gasteiger partial charge in [0.15, 0.2) is 0 Å². The summed E-state index contributed by atoms with van der Waals surface area (Å²) in [4.78, 5) is 14.5. The molecule has 0 aromatic carbocycles. The number of pyridine rings is 1. The van der Waals surface area contributed by atoms with Gasteiger partial charge in [-0.05, 0) is 17.7 Å². The number of aromatic nitrogens is 1. The SMILES string of the molecule is CC(C)(CNCC(N)CC(=O)O)c1ccncc1. The van der Waals surface area contributed by atoms with Crippen molar-refractivity contribution < 1.29 is 9.90 Å². The first-order chi connectivity index (χ1) is 8.42. The molecule has 0 saturated heterocycles. The molecular weight excluding hydrogens is 230 g/mol. The predicted octanol–water partition coefficient (Wildman–Crippen LogP) is 0.751. The molecule has 0 amide bonds. The minimum absolute atomic E-state index is 0.0112. The molecule has 1 heterocycles. The zero-order valence-electron chi connectivity index (χ0n) is 10.9. The number of nitrogens with one attached hydrogen (secondary N) is 1. The van der Waals surface area contributed by atoms with Crippen LogP contribution in [0.1, 0.15) is 25.8 Å². The highest BCUT2D eigenvalue weighted by Gasteiger charge is 2.20. The van der Waals surface area contributed by atoms with Gasteiger partial charge in [0.2, 0.25) is 0 Å². The number of hydrogen-bond acceptors (Lipinski definition) is 4. The summed E-state index contributed by atoms with van der Waals surface area (Å²) in [6, 6.07) is 3.62. The Morgan fingerprint density at radius 3 is 2.67 bits per heavy atom. The van der Waals surface area contributed by atoms with Crippen LogP contribution in [0.4, 0.5) is 0 Å². The second kappa shape index (κ2) is 6.47. The van der Waals surface area contributed by atoms with Crippen LogP contribution in [-0.2, 0) is 10.2 Å². The van der Waals surface area contributed by atoms with Crippen molar-refractivity contribution in [1.82, 2.24) is 10.3 Å². The number of aliphatic carboxylic acids is 1. The minimum atomic E-state index is -0.863. The lowest BCUT2D eigenvalue weighted by Crippen LogP contribution is -2.41. The van der Waals surface area contributed by atoms with E-state index in [4.69, 9.17) is 10.8 Å². The standard InChI is InChI=1S/C13H21N3O2/c1-13(2,10-3-5-15-6-4-10)9-16-8-11(14)7-12(17)18/h3-6,11,16H,7-9,14H2,1-2H3,(H,17,18). The maximum atomic E-state index is 10.5. The molecule has 0 aliphatic carbocycles. The van der Waals surface area contributed by atoms with Gasteiger partial charge >= 0.3 is 5.97 Å². The zero-order chi connectivity index (χ0) is 13.6. The molecule has 0 fully saturated rings. The van der Waals surface area contributed by atoms with E-state index in [1.165, 1.54) is 5.56 Å². The molecule has 100 valence electrons. The van der Waals surface area contributed by atoms with Crippen LogP contribution in [-0.4, -0.2) is 35.2 Å². The van der Waals surface area contributed by atoms with Crippen LogP contribution in [0.3, 0.4) is 0 Å². The molecule has 0 aliphatic rings. The molecule has 4 N–H and O–H groups in total. The Labute approximate surface area is 107 Å². The van der Waals surface area contributed by atoms with Gasteiger partial charge in [0.05, 0.1) is 6.42 Å². The molecule has 1 atom stereocenters. The van der Waals surface area contributed by atoms with Gasteiger partial charge in [-0.25, -0.2) is 0 Å². The van der Waals surface area contributed by atoms with Gasteiger partial charge in [0.25, 0.3) is 0 Å². The van der Waals surface area contributed by atoms with Gasteiger partial charge in [-0.1, -0.05) is 13.8 Å². The molecule has 0 radical (unpaired) electrons. The van der Waals surface area contributed by atoms with E-state index in [0.717, 1.165) is 6.54 Å². The normalized spacial score (nSPS) is 13.3. The van der Waals surface area contributed by atoms with E-state index in [1.807, 2.05) is 12.1 Å². The molecule has 0 aliphatic heterocycles. The van der Waals surface area contributed by atoms with E-state index in [-0.39, 0.29) is 17.9 Å². The summed E-state index contributed by atoms with van der Waals surface area (Å²) in [5, 5.41) is 11.8. The Morgan fingerprint density at radius 1 is 1.50 bits per heavy atom. The number of carboxylic acids is 1. The fourth-order valence-electron chi connectivity index (χ4n) is 1.77. The van der Waals surface area contributed by atoms with Crippen LogP contribution in [0.15, 0.2) is 24.5 Å². The molecule has 5 nitrogen and oxygen atoms in total. The first kappa shape index (κ1) is 14.6. The van der Waals surface area contributed by atoms with E-state index in [2.05, 4.69) is 24.1 Å². The summed E-state index contributed by atoms with van der Waals surface area (Å²) >= 11 is 0. The highest BCUT2D eigenvalue weighted by Crippen LogP contribution is 2.20. The number of nitrogens with two attached hydrogens (primary N) is 1. The molecule has 1 unspecified atom stereocenters. The third kappa shape index (κ3) is 4.81. The Balaban J connectivity index is 2.41. The summed E-state index contributed by atoms with van der Waals surface area (Å²) in [5.41, 5.74) is 6.84. The van der Waals surface area contributed by atoms with Crippen molar-refractivity contribution in [3.8, 4) is 0 Å². The molecule has 1 rings (SSSR count). The molecule has 5 heteroatoms. The summed E-state index contributed by atoms with van der Waals surface area (Å²) in [6.45, 7) is 5.49. The van der Waals surface area contributed by atoms with Crippen LogP contribution in [0.25, 0.3) is 0 Å². The van der Waals surface area contributed by atoms with Gasteiger partial charge in [-0.3, -0.25) is 9.78 Å². The van der Waals surface area contributed by atoms with E-state index in [1.54, 1.807) is 12.4 Å². The molecular formula is C13H21N3O2. The highest BCUT2D eigenvalue weighted by atomic mass is 16.4. The number of hydrogen-bond donors (Lipinski definition) is 3. The van der Waals surface area contributed by atoms with Crippen molar-refractivity contribution in [2.45, 2.75) is 31.7 Å². The van der Waals surface area contributed by atoms with Crippen LogP contribution in [0, 0.1) is 0 Å². The van der Waals surface area contributed by atoms with Crippen LogP contribution in [0.5, 0.6) is 0 Å². The summed E-state index contributed by atoms with van der Waals surface area (Å²) in [7, 11) is 0. The molecule has 1 aromatic rings. The van der Waals surface area contributed by atoms with E-state index in [9.17, 15) is 4.79 Å². The molecule has 0 spiro atoms. The zero-order valence-corrected chi connectivity index (χ0v) is 10.9. The second-order valence-electron chi connectivity index (χ2n) is 5.11. The number of rotatable bonds is 7. The van der Waals surface area contributed by atoms with Crippen molar-refractivity contribution in [1.29, 1.82) is 0 Å². The number of carboxylic acid groups (broad SMARTS) is 1. The van der Waals surface area contributed by atoms with Crippen molar-refractivity contribution in [2.75, 3.05) is 13.1 Å². The Bertz CT molecular complexity index is 379. The fraction of sp³-hybridized carbons (Fsp3) is 0.538. The first-order valence-electron chi connectivity index (χ1n) is 6.00. The van der Waals surface area contributed by atoms with Crippen LogP contribution < -0.4 is 11.1 Å². The lowest BCUT2D eigenvalue weighted by atomic mass is 9.85. The predicted molar refractivity (Wildman–Crippen MR) is 70.4 cm³/mol. The number of nitrogens with zero attached hydrogens (tertiary/aromatic N) is 1. The van der Waals surface area contributed by atoms with Crippen molar-refractivity contribution >= 4 is 5.97 Å². The average molecular weight is 251 g/mol. The van der Waals surface area contributed by atoms with Crippen molar-refractivity contribution in [3.63, 3.8) is 0 Å². The van der Waals surface area contributed by atoms with Gasteiger partial charge in [0.1, 0.15) is 0 Å². The lowest BCUT2D eigenvalue weighted by Gasteiger charge is -2.26. The van der Waals surface area contributed by atoms with E-state index < -0.39 is 5.97 Å². The largest absolute Gasteiger partial charge is 0.481 e. The van der Waals surface area contributed by atoms with E-state index in [0.29, 0.717) is 6.54 Å². The quantitative estimate of drug-likeness (QED) is 0.665. The van der Waals surface area contributed by atoms with Crippen molar-refractivity contribution in [3.05, 3.63) is 30.1 Å². The van der Waals surface area contributed by atoms with Crippen LogP contribution >= 0.6 is 0 Å². The second-order valence-corrected chi connectivity index (χ2v) is 5.11. The maximum Gasteiger partial charge on any atom is 0.304 e. The molecule has 1 aromatic heterocycles. The monoisotopic (exact) mass is 251 g/mol. The highest BCUT2D eigenvalue weighted by molar-refractivity contribution is 5.67.